The number of pyridine rings is 1. The summed E-state index contributed by atoms with van der Waals surface area (Å²) in [4.78, 5) is 26.7. The Kier molecular flexibility index (Phi) is 4.60. The van der Waals surface area contributed by atoms with E-state index in [1.165, 1.54) is 12.1 Å². The molecule has 0 spiro atoms. The Hall–Kier alpha value is -3.84. The third-order valence-electron chi connectivity index (χ3n) is 5.18. The first-order valence-corrected chi connectivity index (χ1v) is 9.89. The number of halogens is 1. The van der Waals surface area contributed by atoms with Gasteiger partial charge in [-0.1, -0.05) is 23.7 Å². The lowest BCUT2D eigenvalue weighted by atomic mass is 9.92. The van der Waals surface area contributed by atoms with Crippen molar-refractivity contribution in [3.63, 3.8) is 0 Å². The van der Waals surface area contributed by atoms with Crippen LogP contribution in [0.5, 0.6) is 11.5 Å². The zero-order valence-electron chi connectivity index (χ0n) is 16.1. The van der Waals surface area contributed by atoms with Crippen LogP contribution in [0.1, 0.15) is 0 Å². The molecule has 0 atom stereocenters. The second-order valence-corrected chi connectivity index (χ2v) is 7.49. The standard InChI is InChI=1S/C23H15ClN2O5/c24-15-5-1-13(2-6-15)21-17-11-19-20(31-10-9-30-19)12-18(17)25-23(27)22(21)14-3-7-16(8-4-14)26(28)29/h1-8,11-12H,9-10H2,(H,25,27). The number of benzene rings is 3. The lowest BCUT2D eigenvalue weighted by molar-refractivity contribution is -0.384. The summed E-state index contributed by atoms with van der Waals surface area (Å²) in [5.41, 5.74) is 2.67. The van der Waals surface area contributed by atoms with Gasteiger partial charge in [-0.3, -0.25) is 14.9 Å². The lowest BCUT2D eigenvalue weighted by Gasteiger charge is -2.20. The first kappa shape index (κ1) is 19.1. The van der Waals surface area contributed by atoms with Gasteiger partial charge >= 0.3 is 0 Å². The number of aromatic nitrogens is 1. The third-order valence-corrected chi connectivity index (χ3v) is 5.43. The van der Waals surface area contributed by atoms with E-state index >= 15 is 0 Å². The molecule has 0 fully saturated rings. The van der Waals surface area contributed by atoms with Gasteiger partial charge in [0.25, 0.3) is 11.2 Å². The van der Waals surface area contributed by atoms with Gasteiger partial charge < -0.3 is 14.5 Å². The van der Waals surface area contributed by atoms with Crippen LogP contribution >= 0.6 is 11.6 Å². The van der Waals surface area contributed by atoms with E-state index in [-0.39, 0.29) is 11.2 Å². The van der Waals surface area contributed by atoms with Crippen LogP contribution in [0.2, 0.25) is 5.02 Å². The number of nitro groups is 1. The van der Waals surface area contributed by atoms with Crippen LogP contribution in [0.4, 0.5) is 5.69 Å². The van der Waals surface area contributed by atoms with Crippen LogP contribution in [-0.4, -0.2) is 23.1 Å². The van der Waals surface area contributed by atoms with E-state index in [2.05, 4.69) is 4.98 Å². The van der Waals surface area contributed by atoms with Crippen molar-refractivity contribution in [2.75, 3.05) is 13.2 Å². The summed E-state index contributed by atoms with van der Waals surface area (Å²) in [7, 11) is 0. The topological polar surface area (TPSA) is 94.5 Å². The van der Waals surface area contributed by atoms with Crippen LogP contribution in [0.15, 0.2) is 65.5 Å². The van der Waals surface area contributed by atoms with E-state index < -0.39 is 4.92 Å². The second-order valence-electron chi connectivity index (χ2n) is 7.06. The highest BCUT2D eigenvalue weighted by Crippen LogP contribution is 2.41. The molecule has 0 unspecified atom stereocenters. The molecule has 7 nitrogen and oxygen atoms in total. The number of rotatable bonds is 3. The molecule has 5 rings (SSSR count). The Morgan fingerprint density at radius 3 is 2.10 bits per heavy atom. The number of ether oxygens (including phenoxy) is 2. The molecule has 31 heavy (non-hydrogen) atoms. The molecule has 3 aromatic carbocycles. The number of nitrogens with one attached hydrogen (secondary N) is 1. The van der Waals surface area contributed by atoms with Crippen molar-refractivity contribution in [1.82, 2.24) is 4.98 Å². The molecular weight excluding hydrogens is 420 g/mol. The van der Waals surface area contributed by atoms with E-state index in [0.717, 1.165) is 10.9 Å². The average Bonchev–Trinajstić information content (AvgIpc) is 2.78. The number of hydrogen-bond acceptors (Lipinski definition) is 5. The maximum atomic E-state index is 13.2. The monoisotopic (exact) mass is 434 g/mol. The fraction of sp³-hybridized carbons (Fsp3) is 0.0870. The Morgan fingerprint density at radius 2 is 1.45 bits per heavy atom. The number of H-pyrrole nitrogens is 1. The van der Waals surface area contributed by atoms with E-state index in [4.69, 9.17) is 21.1 Å². The molecule has 154 valence electrons. The largest absolute Gasteiger partial charge is 0.486 e. The molecule has 4 aromatic rings. The molecule has 1 aromatic heterocycles. The van der Waals surface area contributed by atoms with E-state index in [1.54, 1.807) is 30.3 Å². The quantitative estimate of drug-likeness (QED) is 0.353. The molecule has 0 amide bonds. The molecular formula is C23H15ClN2O5. The smallest absolute Gasteiger partial charge is 0.269 e. The molecule has 1 aliphatic rings. The number of non-ortho nitro benzene ring substituents is 1. The maximum Gasteiger partial charge on any atom is 0.269 e. The van der Waals surface area contributed by atoms with Gasteiger partial charge in [-0.25, -0.2) is 0 Å². The highest BCUT2D eigenvalue weighted by molar-refractivity contribution is 6.30. The first-order chi connectivity index (χ1) is 15.0. The predicted octanol–water partition coefficient (Wildman–Crippen LogP) is 5.19. The molecule has 0 radical (unpaired) electrons. The molecule has 0 aliphatic carbocycles. The molecule has 0 saturated heterocycles. The fourth-order valence-corrected chi connectivity index (χ4v) is 3.90. The molecule has 0 saturated carbocycles. The fourth-order valence-electron chi connectivity index (χ4n) is 3.77. The maximum absolute atomic E-state index is 13.2. The number of nitro benzene ring substituents is 1. The van der Waals surface area contributed by atoms with Gasteiger partial charge in [-0.05, 0) is 41.5 Å². The first-order valence-electron chi connectivity index (χ1n) is 9.51. The SMILES string of the molecule is O=c1[nH]c2cc3c(cc2c(-c2ccc(Cl)cc2)c1-c1ccc([N+](=O)[O-])cc1)OCCO3. The van der Waals surface area contributed by atoms with Gasteiger partial charge in [0, 0.05) is 34.2 Å². The van der Waals surface area contributed by atoms with E-state index in [1.807, 2.05) is 18.2 Å². The summed E-state index contributed by atoms with van der Waals surface area (Å²) in [6, 6.07) is 16.7. The number of hydrogen-bond donors (Lipinski definition) is 1. The molecule has 0 bridgehead atoms. The number of nitrogens with zero attached hydrogens (tertiary/aromatic N) is 1. The van der Waals surface area contributed by atoms with Crippen LogP contribution in [0.25, 0.3) is 33.2 Å². The van der Waals surface area contributed by atoms with Crippen LogP contribution in [0.3, 0.4) is 0 Å². The Morgan fingerprint density at radius 1 is 0.871 bits per heavy atom. The summed E-state index contributed by atoms with van der Waals surface area (Å²) < 4.78 is 11.4. The molecule has 1 aliphatic heterocycles. The minimum absolute atomic E-state index is 0.0476. The molecule has 8 heteroatoms. The lowest BCUT2D eigenvalue weighted by Crippen LogP contribution is -2.16. The highest BCUT2D eigenvalue weighted by Gasteiger charge is 2.21. The zero-order valence-corrected chi connectivity index (χ0v) is 16.8. The zero-order chi connectivity index (χ0) is 21.5. The van der Waals surface area contributed by atoms with Crippen molar-refractivity contribution < 1.29 is 14.4 Å². The van der Waals surface area contributed by atoms with Crippen LogP contribution in [0, 0.1) is 10.1 Å². The Bertz CT molecular complexity index is 1380. The van der Waals surface area contributed by atoms with Crippen molar-refractivity contribution in [3.8, 4) is 33.8 Å². The van der Waals surface area contributed by atoms with Crippen molar-refractivity contribution in [3.05, 3.63) is 86.2 Å². The normalized spacial score (nSPS) is 12.7. The third kappa shape index (κ3) is 3.39. The van der Waals surface area contributed by atoms with Gasteiger partial charge in [0.05, 0.1) is 16.0 Å². The van der Waals surface area contributed by atoms with Crippen molar-refractivity contribution >= 4 is 28.2 Å². The summed E-state index contributed by atoms with van der Waals surface area (Å²) in [6.45, 7) is 0.876. The highest BCUT2D eigenvalue weighted by atomic mass is 35.5. The van der Waals surface area contributed by atoms with Gasteiger partial charge in [0.2, 0.25) is 0 Å². The van der Waals surface area contributed by atoms with Gasteiger partial charge in [-0.15, -0.1) is 0 Å². The Labute approximate surface area is 181 Å². The van der Waals surface area contributed by atoms with Gasteiger partial charge in [-0.2, -0.15) is 0 Å². The molecule has 2 heterocycles. The van der Waals surface area contributed by atoms with Crippen molar-refractivity contribution in [1.29, 1.82) is 0 Å². The Balaban J connectivity index is 1.84. The second kappa shape index (κ2) is 7.45. The van der Waals surface area contributed by atoms with Crippen LogP contribution in [-0.2, 0) is 0 Å². The summed E-state index contributed by atoms with van der Waals surface area (Å²) in [5, 5.41) is 12.4. The van der Waals surface area contributed by atoms with Gasteiger partial charge in [0.1, 0.15) is 13.2 Å². The van der Waals surface area contributed by atoms with Crippen molar-refractivity contribution in [2.24, 2.45) is 0 Å². The predicted molar refractivity (Wildman–Crippen MR) is 118 cm³/mol. The summed E-state index contributed by atoms with van der Waals surface area (Å²) >= 11 is 6.08. The average molecular weight is 435 g/mol. The number of aromatic amines is 1. The van der Waals surface area contributed by atoms with Crippen molar-refractivity contribution in [2.45, 2.75) is 0 Å². The van der Waals surface area contributed by atoms with Crippen LogP contribution < -0.4 is 15.0 Å². The van der Waals surface area contributed by atoms with Gasteiger partial charge in [0.15, 0.2) is 11.5 Å². The van der Waals surface area contributed by atoms with E-state index in [9.17, 15) is 14.9 Å². The number of fused-ring (bicyclic) bond motifs is 2. The molecule has 1 N–H and O–H groups in total. The van der Waals surface area contributed by atoms with E-state index in [0.29, 0.717) is 51.9 Å². The minimum Gasteiger partial charge on any atom is -0.486 e. The minimum atomic E-state index is -0.474. The summed E-state index contributed by atoms with van der Waals surface area (Å²) in [5.74, 6) is 1.16. The summed E-state index contributed by atoms with van der Waals surface area (Å²) in [6.07, 6.45) is 0.